The van der Waals surface area contributed by atoms with Crippen LogP contribution in [0, 0.1) is 23.7 Å². The zero-order chi connectivity index (χ0) is 14.0. The average Bonchev–Trinajstić information content (AvgIpc) is 2.34. The van der Waals surface area contributed by atoms with Crippen LogP contribution in [0.3, 0.4) is 0 Å². The molecule has 18 heavy (non-hydrogen) atoms. The molecule has 4 atom stereocenters. The minimum atomic E-state index is 0.921. The molecule has 110 valence electrons. The molecule has 0 N–H and O–H groups in total. The van der Waals surface area contributed by atoms with Crippen LogP contribution in [0.15, 0.2) is 0 Å². The summed E-state index contributed by atoms with van der Waals surface area (Å²) < 4.78 is 0. The molecule has 0 aromatic rings. The van der Waals surface area contributed by atoms with Gasteiger partial charge < -0.3 is 0 Å². The summed E-state index contributed by atoms with van der Waals surface area (Å²) >= 11 is 0. The Kier molecular flexibility index (Phi) is 10.9. The van der Waals surface area contributed by atoms with Gasteiger partial charge in [0.25, 0.3) is 0 Å². The fourth-order valence-electron chi connectivity index (χ4n) is 2.93. The molecule has 0 bridgehead atoms. The molecule has 0 amide bonds. The summed E-state index contributed by atoms with van der Waals surface area (Å²) in [6.45, 7) is 14.3. The van der Waals surface area contributed by atoms with Gasteiger partial charge in [0.05, 0.1) is 0 Å². The number of unbranched alkanes of at least 4 members (excludes halogenated alkanes) is 1. The molecular formula is C18H38. The molecule has 0 saturated heterocycles. The van der Waals surface area contributed by atoms with Gasteiger partial charge >= 0.3 is 0 Å². The Morgan fingerprint density at radius 1 is 0.556 bits per heavy atom. The van der Waals surface area contributed by atoms with E-state index in [9.17, 15) is 0 Å². The lowest BCUT2D eigenvalue weighted by atomic mass is 9.89. The van der Waals surface area contributed by atoms with Gasteiger partial charge in [-0.2, -0.15) is 0 Å². The van der Waals surface area contributed by atoms with Crippen LogP contribution >= 0.6 is 0 Å². The average molecular weight is 255 g/mol. The minimum Gasteiger partial charge on any atom is -0.0651 e. The van der Waals surface area contributed by atoms with Gasteiger partial charge in [0.2, 0.25) is 0 Å². The zero-order valence-electron chi connectivity index (χ0n) is 14.0. The van der Waals surface area contributed by atoms with Crippen molar-refractivity contribution in [2.24, 2.45) is 23.7 Å². The van der Waals surface area contributed by atoms with Crippen LogP contribution in [0.4, 0.5) is 0 Å². The molecule has 0 aliphatic heterocycles. The van der Waals surface area contributed by atoms with Gasteiger partial charge in [0.1, 0.15) is 0 Å². The topological polar surface area (TPSA) is 0 Å². The fraction of sp³-hybridized carbons (Fsp3) is 1.00. The lowest BCUT2D eigenvalue weighted by Crippen LogP contribution is -2.04. The predicted molar refractivity (Wildman–Crippen MR) is 84.9 cm³/mol. The molecule has 0 heterocycles. The maximum atomic E-state index is 2.44. The van der Waals surface area contributed by atoms with Gasteiger partial charge in [-0.25, -0.2) is 0 Å². The van der Waals surface area contributed by atoms with Crippen LogP contribution in [-0.2, 0) is 0 Å². The highest BCUT2D eigenvalue weighted by Crippen LogP contribution is 2.23. The van der Waals surface area contributed by atoms with Gasteiger partial charge in [-0.3, -0.25) is 0 Å². The van der Waals surface area contributed by atoms with E-state index in [1.54, 1.807) is 0 Å². The highest BCUT2D eigenvalue weighted by Gasteiger charge is 2.09. The Bertz CT molecular complexity index is 153. The Labute approximate surface area is 117 Å². The van der Waals surface area contributed by atoms with E-state index in [0.29, 0.717) is 0 Å². The van der Waals surface area contributed by atoms with Crippen LogP contribution < -0.4 is 0 Å². The highest BCUT2D eigenvalue weighted by molar-refractivity contribution is 4.62. The first-order valence-corrected chi connectivity index (χ1v) is 8.49. The van der Waals surface area contributed by atoms with Crippen molar-refractivity contribution in [2.75, 3.05) is 0 Å². The molecule has 0 rings (SSSR count). The van der Waals surface area contributed by atoms with E-state index in [1.165, 1.54) is 51.4 Å². The van der Waals surface area contributed by atoms with Gasteiger partial charge in [0.15, 0.2) is 0 Å². The number of rotatable bonds is 11. The van der Waals surface area contributed by atoms with Crippen molar-refractivity contribution in [1.82, 2.24) is 0 Å². The van der Waals surface area contributed by atoms with Gasteiger partial charge in [-0.05, 0) is 36.5 Å². The monoisotopic (exact) mass is 254 g/mol. The van der Waals surface area contributed by atoms with Crippen molar-refractivity contribution in [3.63, 3.8) is 0 Å². The number of hydrogen-bond donors (Lipinski definition) is 0. The second kappa shape index (κ2) is 10.9. The van der Waals surface area contributed by atoms with Crippen LogP contribution in [0.5, 0.6) is 0 Å². The SMILES string of the molecule is CCC(C)CC(C)CCCCC(C)CC(C)CC. The third-order valence-electron chi connectivity index (χ3n) is 4.65. The van der Waals surface area contributed by atoms with Crippen molar-refractivity contribution in [3.8, 4) is 0 Å². The summed E-state index contributed by atoms with van der Waals surface area (Å²) in [5.41, 5.74) is 0. The van der Waals surface area contributed by atoms with Gasteiger partial charge in [0, 0.05) is 0 Å². The highest BCUT2D eigenvalue weighted by atomic mass is 14.2. The molecule has 4 unspecified atom stereocenters. The molecule has 0 spiro atoms. The lowest BCUT2D eigenvalue weighted by Gasteiger charge is -2.17. The minimum absolute atomic E-state index is 0.921. The first-order chi connectivity index (χ1) is 8.49. The smallest absolute Gasteiger partial charge is 0.0440 e. The molecule has 0 saturated carbocycles. The van der Waals surface area contributed by atoms with Gasteiger partial charge in [-0.15, -0.1) is 0 Å². The van der Waals surface area contributed by atoms with Crippen molar-refractivity contribution < 1.29 is 0 Å². The third-order valence-corrected chi connectivity index (χ3v) is 4.65. The zero-order valence-corrected chi connectivity index (χ0v) is 14.0. The largest absolute Gasteiger partial charge is 0.0651 e. The molecule has 0 aromatic carbocycles. The van der Waals surface area contributed by atoms with Crippen LogP contribution in [0.25, 0.3) is 0 Å². The predicted octanol–water partition coefficient (Wildman–Crippen LogP) is 6.69. The Morgan fingerprint density at radius 2 is 0.889 bits per heavy atom. The molecule has 0 nitrogen and oxygen atoms in total. The lowest BCUT2D eigenvalue weighted by molar-refractivity contribution is 0.349. The van der Waals surface area contributed by atoms with Gasteiger partial charge in [-0.1, -0.05) is 80.1 Å². The fourth-order valence-corrected chi connectivity index (χ4v) is 2.93. The molecule has 0 aliphatic rings. The standard InChI is InChI=1S/C18H38/c1-7-15(3)13-17(5)11-9-10-12-18(6)14-16(4)8-2/h15-18H,7-14H2,1-6H3. The Hall–Kier alpha value is 0. The van der Waals surface area contributed by atoms with E-state index in [1.807, 2.05) is 0 Å². The molecule has 0 radical (unpaired) electrons. The maximum Gasteiger partial charge on any atom is -0.0440 e. The summed E-state index contributed by atoms with van der Waals surface area (Å²) in [5.74, 6) is 3.71. The summed E-state index contributed by atoms with van der Waals surface area (Å²) in [6, 6.07) is 0. The van der Waals surface area contributed by atoms with E-state index in [4.69, 9.17) is 0 Å². The molecule has 0 aromatic heterocycles. The van der Waals surface area contributed by atoms with Crippen molar-refractivity contribution in [1.29, 1.82) is 0 Å². The van der Waals surface area contributed by atoms with Crippen molar-refractivity contribution in [3.05, 3.63) is 0 Å². The maximum absolute atomic E-state index is 2.44. The van der Waals surface area contributed by atoms with E-state index >= 15 is 0 Å². The van der Waals surface area contributed by atoms with E-state index in [-0.39, 0.29) is 0 Å². The Balaban J connectivity index is 3.49. The van der Waals surface area contributed by atoms with Crippen LogP contribution in [-0.4, -0.2) is 0 Å². The van der Waals surface area contributed by atoms with E-state index < -0.39 is 0 Å². The normalized spacial score (nSPS) is 18.3. The third kappa shape index (κ3) is 9.97. The molecule has 0 aliphatic carbocycles. The van der Waals surface area contributed by atoms with Crippen molar-refractivity contribution in [2.45, 2.75) is 92.9 Å². The first-order valence-electron chi connectivity index (χ1n) is 8.49. The molecule has 0 heteroatoms. The molecule has 0 fully saturated rings. The van der Waals surface area contributed by atoms with Crippen molar-refractivity contribution >= 4 is 0 Å². The first kappa shape index (κ1) is 18.0. The number of hydrogen-bond acceptors (Lipinski definition) is 0. The summed E-state index contributed by atoms with van der Waals surface area (Å²) in [6.07, 6.45) is 11.3. The summed E-state index contributed by atoms with van der Waals surface area (Å²) in [5, 5.41) is 0. The second-order valence-corrected chi connectivity index (χ2v) is 6.99. The van der Waals surface area contributed by atoms with E-state index in [0.717, 1.165) is 23.7 Å². The molecular weight excluding hydrogens is 216 g/mol. The van der Waals surface area contributed by atoms with Crippen LogP contribution in [0.1, 0.15) is 92.9 Å². The van der Waals surface area contributed by atoms with E-state index in [2.05, 4.69) is 41.5 Å². The summed E-state index contributed by atoms with van der Waals surface area (Å²) in [4.78, 5) is 0. The van der Waals surface area contributed by atoms with Crippen LogP contribution in [0.2, 0.25) is 0 Å². The Morgan fingerprint density at radius 3 is 1.17 bits per heavy atom. The summed E-state index contributed by atoms with van der Waals surface area (Å²) in [7, 11) is 0. The quantitative estimate of drug-likeness (QED) is 0.360. The second-order valence-electron chi connectivity index (χ2n) is 6.99.